The summed E-state index contributed by atoms with van der Waals surface area (Å²) in [7, 11) is 3.11. The molecule has 2 aromatic rings. The van der Waals surface area contributed by atoms with Crippen molar-refractivity contribution in [2.24, 2.45) is 5.92 Å². The van der Waals surface area contributed by atoms with E-state index in [0.717, 1.165) is 12.8 Å². The molecule has 36 heavy (non-hydrogen) atoms. The molecule has 1 fully saturated rings. The van der Waals surface area contributed by atoms with Crippen molar-refractivity contribution < 1.29 is 28.6 Å². The van der Waals surface area contributed by atoms with Crippen molar-refractivity contribution in [3.05, 3.63) is 48.0 Å². The summed E-state index contributed by atoms with van der Waals surface area (Å²) in [6, 6.07) is 12.0. The summed E-state index contributed by atoms with van der Waals surface area (Å²) in [5.41, 5.74) is 1.73. The molecule has 2 amide bonds. The van der Waals surface area contributed by atoms with Crippen molar-refractivity contribution in [1.29, 1.82) is 0 Å². The molecule has 194 valence electrons. The number of likely N-dealkylation sites (tertiary alicyclic amines) is 1. The number of anilines is 2. The molecule has 0 aromatic heterocycles. The molecule has 0 radical (unpaired) electrons. The fraction of sp³-hybridized carbons (Fsp3) is 0.444. The van der Waals surface area contributed by atoms with E-state index in [1.54, 1.807) is 56.7 Å². The summed E-state index contributed by atoms with van der Waals surface area (Å²) >= 11 is 0. The van der Waals surface area contributed by atoms with Crippen LogP contribution in [-0.4, -0.2) is 63.1 Å². The number of methoxy groups -OCH3 is 2. The molecule has 2 N–H and O–H groups in total. The van der Waals surface area contributed by atoms with E-state index in [9.17, 15) is 14.4 Å². The second-order valence-electron chi connectivity index (χ2n) is 8.72. The van der Waals surface area contributed by atoms with E-state index < -0.39 is 0 Å². The lowest BCUT2D eigenvalue weighted by molar-refractivity contribution is -0.121. The smallest absolute Gasteiger partial charge is 0.338 e. The number of piperidine rings is 1. The molecule has 0 bridgehead atoms. The number of hydrogen-bond acceptors (Lipinski definition) is 7. The van der Waals surface area contributed by atoms with Crippen LogP contribution in [0.25, 0.3) is 0 Å². The molecule has 1 aliphatic rings. The highest BCUT2D eigenvalue weighted by Crippen LogP contribution is 2.29. The number of hydrogen-bond donors (Lipinski definition) is 2. The van der Waals surface area contributed by atoms with Crippen LogP contribution in [0.15, 0.2) is 42.5 Å². The van der Waals surface area contributed by atoms with Crippen LogP contribution >= 0.6 is 0 Å². The molecule has 1 saturated heterocycles. The van der Waals surface area contributed by atoms with Crippen LogP contribution < -0.4 is 20.1 Å². The van der Waals surface area contributed by atoms with E-state index in [4.69, 9.17) is 14.2 Å². The fourth-order valence-corrected chi connectivity index (χ4v) is 4.00. The zero-order chi connectivity index (χ0) is 25.9. The molecule has 0 aliphatic carbocycles. The first-order valence-electron chi connectivity index (χ1n) is 12.3. The van der Waals surface area contributed by atoms with Crippen LogP contribution in [0.3, 0.4) is 0 Å². The van der Waals surface area contributed by atoms with E-state index in [-0.39, 0.29) is 30.2 Å². The van der Waals surface area contributed by atoms with E-state index in [1.807, 2.05) is 11.8 Å². The van der Waals surface area contributed by atoms with Crippen LogP contribution in [0, 0.1) is 5.92 Å². The number of amides is 2. The van der Waals surface area contributed by atoms with Crippen molar-refractivity contribution >= 4 is 29.2 Å². The maximum Gasteiger partial charge on any atom is 0.338 e. The summed E-state index contributed by atoms with van der Waals surface area (Å²) in [6.45, 7) is 4.00. The molecule has 1 aliphatic heterocycles. The van der Waals surface area contributed by atoms with Gasteiger partial charge >= 0.3 is 5.97 Å². The lowest BCUT2D eigenvalue weighted by atomic mass is 9.95. The maximum absolute atomic E-state index is 12.7. The SMILES string of the molecule is CCCCOC(=O)c1ccc(NC(=O)C2CCN(CC(=O)Nc3ccc(OC)c(OC)c3)CC2)cc1. The number of ether oxygens (including phenoxy) is 3. The summed E-state index contributed by atoms with van der Waals surface area (Å²) < 4.78 is 15.7. The van der Waals surface area contributed by atoms with Gasteiger partial charge in [0.25, 0.3) is 0 Å². The van der Waals surface area contributed by atoms with Gasteiger partial charge in [0.05, 0.1) is 32.9 Å². The second-order valence-corrected chi connectivity index (χ2v) is 8.72. The van der Waals surface area contributed by atoms with Crippen molar-refractivity contribution in [3.63, 3.8) is 0 Å². The molecule has 0 atom stereocenters. The predicted octanol–water partition coefficient (Wildman–Crippen LogP) is 3.95. The van der Waals surface area contributed by atoms with Gasteiger partial charge in [-0.15, -0.1) is 0 Å². The first-order chi connectivity index (χ1) is 17.4. The van der Waals surface area contributed by atoms with Gasteiger partial charge in [-0.3, -0.25) is 14.5 Å². The molecule has 0 spiro atoms. The van der Waals surface area contributed by atoms with Gasteiger partial charge in [0.15, 0.2) is 11.5 Å². The van der Waals surface area contributed by atoms with Crippen molar-refractivity contribution in [3.8, 4) is 11.5 Å². The second kappa shape index (κ2) is 13.5. The Kier molecular flexibility index (Phi) is 10.1. The minimum Gasteiger partial charge on any atom is -0.493 e. The topological polar surface area (TPSA) is 106 Å². The number of carbonyl (C=O) groups excluding carboxylic acids is 3. The molecular formula is C27H35N3O6. The molecule has 1 heterocycles. The fourth-order valence-electron chi connectivity index (χ4n) is 4.00. The van der Waals surface area contributed by atoms with Crippen LogP contribution in [0.5, 0.6) is 11.5 Å². The van der Waals surface area contributed by atoms with E-state index >= 15 is 0 Å². The third-order valence-electron chi connectivity index (χ3n) is 6.11. The van der Waals surface area contributed by atoms with Gasteiger partial charge in [-0.1, -0.05) is 13.3 Å². The number of rotatable bonds is 11. The number of nitrogens with zero attached hydrogens (tertiary/aromatic N) is 1. The third kappa shape index (κ3) is 7.71. The van der Waals surface area contributed by atoms with E-state index in [1.165, 1.54) is 0 Å². The highest BCUT2D eigenvalue weighted by Gasteiger charge is 2.26. The van der Waals surface area contributed by atoms with Gasteiger partial charge in [-0.2, -0.15) is 0 Å². The van der Waals surface area contributed by atoms with Crippen LogP contribution in [0.4, 0.5) is 11.4 Å². The molecule has 2 aromatic carbocycles. The molecule has 0 saturated carbocycles. The van der Waals surface area contributed by atoms with Crippen molar-refractivity contribution in [2.45, 2.75) is 32.6 Å². The first-order valence-corrected chi connectivity index (χ1v) is 12.3. The average molecular weight is 498 g/mol. The Morgan fingerprint density at radius 1 is 0.917 bits per heavy atom. The first kappa shape index (κ1) is 27.0. The van der Waals surface area contributed by atoms with Crippen LogP contribution in [0.2, 0.25) is 0 Å². The molecule has 9 nitrogen and oxygen atoms in total. The van der Waals surface area contributed by atoms with Crippen LogP contribution in [-0.2, 0) is 14.3 Å². The Balaban J connectivity index is 1.42. The Morgan fingerprint density at radius 2 is 1.58 bits per heavy atom. The van der Waals surface area contributed by atoms with Gasteiger partial charge in [-0.05, 0) is 68.8 Å². The lowest BCUT2D eigenvalue weighted by Crippen LogP contribution is -2.41. The molecule has 0 unspecified atom stereocenters. The van der Waals surface area contributed by atoms with Gasteiger partial charge < -0.3 is 24.8 Å². The maximum atomic E-state index is 12.7. The molecular weight excluding hydrogens is 462 g/mol. The van der Waals surface area contributed by atoms with Crippen LogP contribution in [0.1, 0.15) is 43.0 Å². The summed E-state index contributed by atoms with van der Waals surface area (Å²) in [5.74, 6) is 0.472. The molecule has 9 heteroatoms. The van der Waals surface area contributed by atoms with Crippen molar-refractivity contribution in [2.75, 3.05) is 51.1 Å². The number of unbranched alkanes of at least 4 members (excludes halogenated alkanes) is 1. The van der Waals surface area contributed by atoms with Gasteiger partial charge in [-0.25, -0.2) is 4.79 Å². The molecule has 3 rings (SSSR count). The third-order valence-corrected chi connectivity index (χ3v) is 6.11. The Morgan fingerprint density at radius 3 is 2.22 bits per heavy atom. The standard InChI is InChI=1S/C27H35N3O6/c1-4-5-16-36-27(33)20-6-8-21(9-7-20)29-26(32)19-12-14-30(15-13-19)18-25(31)28-22-10-11-23(34-2)24(17-22)35-3/h6-11,17,19H,4-5,12-16,18H2,1-3H3,(H,28,31)(H,29,32). The number of esters is 1. The summed E-state index contributed by atoms with van der Waals surface area (Å²) in [6.07, 6.45) is 3.12. The minimum absolute atomic E-state index is 0.0531. The summed E-state index contributed by atoms with van der Waals surface area (Å²) in [5, 5.41) is 5.81. The highest BCUT2D eigenvalue weighted by atomic mass is 16.5. The number of nitrogens with one attached hydrogen (secondary N) is 2. The van der Waals surface area contributed by atoms with Crippen molar-refractivity contribution in [1.82, 2.24) is 4.90 Å². The minimum atomic E-state index is -0.358. The van der Waals surface area contributed by atoms with E-state index in [2.05, 4.69) is 10.6 Å². The summed E-state index contributed by atoms with van der Waals surface area (Å²) in [4.78, 5) is 39.3. The van der Waals surface area contributed by atoms with Gasteiger partial charge in [0, 0.05) is 23.4 Å². The highest BCUT2D eigenvalue weighted by molar-refractivity contribution is 5.94. The van der Waals surface area contributed by atoms with Gasteiger partial charge in [0.1, 0.15) is 0 Å². The zero-order valence-corrected chi connectivity index (χ0v) is 21.2. The Labute approximate surface area is 212 Å². The largest absolute Gasteiger partial charge is 0.493 e. The Bertz CT molecular complexity index is 1030. The normalized spacial score (nSPS) is 14.1. The lowest BCUT2D eigenvalue weighted by Gasteiger charge is -2.30. The Hall–Kier alpha value is -3.59. The zero-order valence-electron chi connectivity index (χ0n) is 21.2. The van der Waals surface area contributed by atoms with Gasteiger partial charge in [0.2, 0.25) is 11.8 Å². The monoisotopic (exact) mass is 497 g/mol. The quantitative estimate of drug-likeness (QED) is 0.358. The predicted molar refractivity (Wildman–Crippen MR) is 138 cm³/mol. The average Bonchev–Trinajstić information content (AvgIpc) is 2.89. The number of carbonyl (C=O) groups is 3. The number of benzene rings is 2. The van der Waals surface area contributed by atoms with E-state index in [0.29, 0.717) is 61.0 Å².